The average Bonchev–Trinajstić information content (AvgIpc) is 3.32. The third kappa shape index (κ3) is 5.74. The minimum atomic E-state index is -1.29. The van der Waals surface area contributed by atoms with Gasteiger partial charge < -0.3 is 14.7 Å². The van der Waals surface area contributed by atoms with Crippen LogP contribution in [0.2, 0.25) is 0 Å². The highest BCUT2D eigenvalue weighted by molar-refractivity contribution is 7.13. The summed E-state index contributed by atoms with van der Waals surface area (Å²) >= 11 is 1.58. The highest BCUT2D eigenvalue weighted by atomic mass is 32.1. The van der Waals surface area contributed by atoms with E-state index in [9.17, 15) is 9.50 Å². The first kappa shape index (κ1) is 24.4. The fraction of sp³-hybridized carbons (Fsp3) is 0.423. The van der Waals surface area contributed by atoms with Crippen LogP contribution in [-0.2, 0) is 12.0 Å². The second kappa shape index (κ2) is 10.1. The number of likely N-dealkylation sites (N-methyl/N-ethyl adjacent to an activating group) is 1. The Labute approximate surface area is 194 Å². The fourth-order valence-corrected chi connectivity index (χ4v) is 4.41. The quantitative estimate of drug-likeness (QED) is 0.426. The summed E-state index contributed by atoms with van der Waals surface area (Å²) in [4.78, 5) is 6.45. The predicted molar refractivity (Wildman–Crippen MR) is 130 cm³/mol. The number of hydrogen-bond donors (Lipinski definition) is 1. The van der Waals surface area contributed by atoms with Gasteiger partial charge in [-0.2, -0.15) is 0 Å². The lowest BCUT2D eigenvalue weighted by Gasteiger charge is -2.34. The van der Waals surface area contributed by atoms with Gasteiger partial charge in [-0.3, -0.25) is 0 Å². The van der Waals surface area contributed by atoms with Crippen LogP contribution < -0.4 is 4.74 Å². The highest BCUT2D eigenvalue weighted by Gasteiger charge is 2.36. The Bertz CT molecular complexity index is 1000. The van der Waals surface area contributed by atoms with Crippen molar-refractivity contribution in [2.45, 2.75) is 44.9 Å². The Morgan fingerprint density at radius 2 is 1.88 bits per heavy atom. The molecule has 0 fully saturated rings. The van der Waals surface area contributed by atoms with Gasteiger partial charge in [-0.05, 0) is 63.5 Å². The topological polar surface area (TPSA) is 45.6 Å². The van der Waals surface area contributed by atoms with E-state index in [1.54, 1.807) is 38.5 Å². The van der Waals surface area contributed by atoms with E-state index in [0.29, 0.717) is 30.7 Å². The number of thiazole rings is 1. The normalized spacial score (nSPS) is 13.9. The molecule has 1 atom stereocenters. The molecular formula is C26H33FN2O2S. The molecule has 2 aromatic carbocycles. The van der Waals surface area contributed by atoms with Gasteiger partial charge in [0.1, 0.15) is 22.0 Å². The standard InChI is InChI=1S/C26H33FN2O2S/c1-6-29(4)18-26(30,21-10-8-20(9-11-21)24-28-15-16-32-24)22-17-19(7-12-23(22)31-5)13-14-25(2,3)27/h7-12,15-17,30H,6,13-14,18H2,1-5H3. The van der Waals surface area contributed by atoms with Gasteiger partial charge >= 0.3 is 0 Å². The van der Waals surface area contributed by atoms with Crippen LogP contribution in [0.4, 0.5) is 4.39 Å². The number of hydrogen-bond acceptors (Lipinski definition) is 5. The van der Waals surface area contributed by atoms with E-state index in [1.807, 2.05) is 54.9 Å². The Kier molecular flexibility index (Phi) is 7.70. The molecule has 0 saturated carbocycles. The van der Waals surface area contributed by atoms with Crippen molar-refractivity contribution < 1.29 is 14.2 Å². The van der Waals surface area contributed by atoms with Gasteiger partial charge in [-0.25, -0.2) is 9.37 Å². The molecule has 1 N–H and O–H groups in total. The molecule has 0 saturated heterocycles. The molecule has 32 heavy (non-hydrogen) atoms. The van der Waals surface area contributed by atoms with Gasteiger partial charge in [-0.15, -0.1) is 11.3 Å². The van der Waals surface area contributed by atoms with Crippen molar-refractivity contribution in [1.82, 2.24) is 9.88 Å². The SMILES string of the molecule is CCN(C)CC(O)(c1ccc(-c2nccs2)cc1)c1cc(CCC(C)(C)F)ccc1OC. The lowest BCUT2D eigenvalue weighted by atomic mass is 9.83. The highest BCUT2D eigenvalue weighted by Crippen LogP contribution is 2.38. The summed E-state index contributed by atoms with van der Waals surface area (Å²) in [6.07, 6.45) is 2.78. The minimum Gasteiger partial charge on any atom is -0.496 e. The summed E-state index contributed by atoms with van der Waals surface area (Å²) in [5, 5.41) is 15.0. The molecule has 3 aromatic rings. The van der Waals surface area contributed by atoms with Crippen molar-refractivity contribution >= 4 is 11.3 Å². The third-order valence-corrected chi connectivity index (χ3v) is 6.62. The van der Waals surface area contributed by atoms with E-state index in [0.717, 1.165) is 28.2 Å². The molecule has 172 valence electrons. The molecule has 1 heterocycles. The van der Waals surface area contributed by atoms with Crippen LogP contribution in [0.3, 0.4) is 0 Å². The van der Waals surface area contributed by atoms with Gasteiger partial charge in [0.25, 0.3) is 0 Å². The number of ether oxygens (including phenoxy) is 1. The van der Waals surface area contributed by atoms with Crippen LogP contribution in [0.5, 0.6) is 5.75 Å². The number of methoxy groups -OCH3 is 1. The Balaban J connectivity index is 2.05. The summed E-state index contributed by atoms with van der Waals surface area (Å²) < 4.78 is 19.8. The molecule has 0 aliphatic heterocycles. The van der Waals surface area contributed by atoms with Gasteiger partial charge in [0.15, 0.2) is 0 Å². The van der Waals surface area contributed by atoms with Crippen LogP contribution >= 0.6 is 11.3 Å². The molecule has 1 unspecified atom stereocenters. The monoisotopic (exact) mass is 456 g/mol. The van der Waals surface area contributed by atoms with Crippen molar-refractivity contribution in [1.29, 1.82) is 0 Å². The Morgan fingerprint density at radius 1 is 1.16 bits per heavy atom. The summed E-state index contributed by atoms with van der Waals surface area (Å²) in [7, 11) is 3.59. The molecule has 1 aromatic heterocycles. The first-order valence-electron chi connectivity index (χ1n) is 10.9. The number of nitrogens with zero attached hydrogens (tertiary/aromatic N) is 2. The number of aliphatic hydroxyl groups is 1. The van der Waals surface area contributed by atoms with Gasteiger partial charge in [0.2, 0.25) is 0 Å². The lowest BCUT2D eigenvalue weighted by molar-refractivity contribution is 0.0433. The first-order chi connectivity index (χ1) is 15.2. The Hall–Kier alpha value is -2.28. The molecule has 4 nitrogen and oxygen atoms in total. The second-order valence-electron chi connectivity index (χ2n) is 8.86. The molecule has 6 heteroatoms. The molecule has 0 radical (unpaired) electrons. The van der Waals surface area contributed by atoms with E-state index in [2.05, 4.69) is 16.8 Å². The number of aryl methyl sites for hydroxylation is 1. The number of rotatable bonds is 10. The lowest BCUT2D eigenvalue weighted by Crippen LogP contribution is -2.40. The van der Waals surface area contributed by atoms with E-state index in [-0.39, 0.29) is 0 Å². The van der Waals surface area contributed by atoms with Crippen LogP contribution in [0.25, 0.3) is 10.6 Å². The smallest absolute Gasteiger partial charge is 0.131 e. The predicted octanol–water partition coefficient (Wildman–Crippen LogP) is 5.69. The van der Waals surface area contributed by atoms with Crippen molar-refractivity contribution in [3.05, 3.63) is 70.7 Å². The van der Waals surface area contributed by atoms with E-state index in [1.165, 1.54) is 0 Å². The Morgan fingerprint density at radius 3 is 2.44 bits per heavy atom. The maximum Gasteiger partial charge on any atom is 0.131 e. The van der Waals surface area contributed by atoms with Gasteiger partial charge in [-0.1, -0.05) is 37.3 Å². The van der Waals surface area contributed by atoms with Crippen molar-refractivity contribution in [2.24, 2.45) is 0 Å². The zero-order valence-electron chi connectivity index (χ0n) is 19.6. The maximum atomic E-state index is 14.1. The van der Waals surface area contributed by atoms with Crippen LogP contribution in [0.15, 0.2) is 54.0 Å². The molecule has 3 rings (SSSR count). The molecule has 0 bridgehead atoms. The summed E-state index contributed by atoms with van der Waals surface area (Å²) in [6.45, 7) is 6.43. The molecular weight excluding hydrogens is 423 g/mol. The average molecular weight is 457 g/mol. The maximum absolute atomic E-state index is 14.1. The van der Waals surface area contributed by atoms with E-state index >= 15 is 0 Å². The van der Waals surface area contributed by atoms with Crippen molar-refractivity contribution in [3.63, 3.8) is 0 Å². The molecule has 0 spiro atoms. The molecule has 0 aliphatic carbocycles. The number of aromatic nitrogens is 1. The van der Waals surface area contributed by atoms with Crippen molar-refractivity contribution in [2.75, 3.05) is 27.2 Å². The zero-order valence-corrected chi connectivity index (χ0v) is 20.4. The van der Waals surface area contributed by atoms with Gasteiger partial charge in [0, 0.05) is 29.2 Å². The second-order valence-corrected chi connectivity index (χ2v) is 9.75. The van der Waals surface area contributed by atoms with Crippen LogP contribution in [-0.4, -0.2) is 47.9 Å². The van der Waals surface area contributed by atoms with Crippen LogP contribution in [0, 0.1) is 0 Å². The summed E-state index contributed by atoms with van der Waals surface area (Å²) in [5.74, 6) is 0.615. The number of halogens is 1. The minimum absolute atomic E-state index is 0.397. The summed E-state index contributed by atoms with van der Waals surface area (Å²) in [5.41, 5.74) is 0.920. The van der Waals surface area contributed by atoms with Gasteiger partial charge in [0.05, 0.1) is 7.11 Å². The van der Waals surface area contributed by atoms with Crippen LogP contribution in [0.1, 0.15) is 43.9 Å². The van der Waals surface area contributed by atoms with Crippen molar-refractivity contribution in [3.8, 4) is 16.3 Å². The summed E-state index contributed by atoms with van der Waals surface area (Å²) in [6, 6.07) is 13.7. The van der Waals surface area contributed by atoms with E-state index < -0.39 is 11.3 Å². The number of benzene rings is 2. The zero-order chi connectivity index (χ0) is 23.4. The fourth-order valence-electron chi connectivity index (χ4n) is 3.76. The van der Waals surface area contributed by atoms with E-state index in [4.69, 9.17) is 4.74 Å². The molecule has 0 aliphatic rings. The first-order valence-corrected chi connectivity index (χ1v) is 11.8. The third-order valence-electron chi connectivity index (χ3n) is 5.80. The number of alkyl halides is 1. The largest absolute Gasteiger partial charge is 0.496 e. The molecule has 0 amide bonds.